The summed E-state index contributed by atoms with van der Waals surface area (Å²) in [7, 11) is 0. The van der Waals surface area contributed by atoms with Gasteiger partial charge < -0.3 is 9.52 Å². The Morgan fingerprint density at radius 1 is 1.23 bits per heavy atom. The number of aromatic hydroxyl groups is 1. The van der Waals surface area contributed by atoms with Gasteiger partial charge in [-0.15, -0.1) is 0 Å². The molecule has 1 fully saturated rings. The van der Waals surface area contributed by atoms with Gasteiger partial charge in [-0.3, -0.25) is 0 Å². The molecule has 1 aromatic carbocycles. The smallest absolute Gasteiger partial charge is 0.347 e. The third-order valence-electron chi connectivity index (χ3n) is 4.25. The highest BCUT2D eigenvalue weighted by molar-refractivity contribution is 5.72. The Labute approximate surface area is 126 Å². The first-order valence-corrected chi connectivity index (χ1v) is 7.31. The average molecular weight is 306 g/mol. The van der Waals surface area contributed by atoms with Gasteiger partial charge in [0, 0.05) is 5.92 Å². The molecular weight excluding hydrogens is 290 g/mol. The van der Waals surface area contributed by atoms with Crippen LogP contribution in [-0.2, 0) is 0 Å². The molecule has 1 aliphatic rings. The van der Waals surface area contributed by atoms with Crippen molar-refractivity contribution < 1.29 is 18.3 Å². The first-order chi connectivity index (χ1) is 10.5. The Balaban J connectivity index is 2.17. The van der Waals surface area contributed by atoms with E-state index < -0.39 is 23.0 Å². The SMILES string of the molecule is Cc1cc(F)ccc1-c1c(O)c(F)c(C2CCCC2)oc1=O. The molecule has 2 aromatic rings. The van der Waals surface area contributed by atoms with Crippen molar-refractivity contribution in [2.75, 3.05) is 0 Å². The van der Waals surface area contributed by atoms with Gasteiger partial charge >= 0.3 is 5.63 Å². The largest absolute Gasteiger partial charge is 0.504 e. The van der Waals surface area contributed by atoms with Crippen molar-refractivity contribution in [2.24, 2.45) is 0 Å². The molecule has 22 heavy (non-hydrogen) atoms. The molecule has 0 bridgehead atoms. The van der Waals surface area contributed by atoms with Crippen LogP contribution >= 0.6 is 0 Å². The molecule has 5 heteroatoms. The zero-order valence-corrected chi connectivity index (χ0v) is 12.2. The summed E-state index contributed by atoms with van der Waals surface area (Å²) in [5.74, 6) is -2.29. The van der Waals surface area contributed by atoms with Crippen LogP contribution in [0.15, 0.2) is 27.4 Å². The van der Waals surface area contributed by atoms with Crippen molar-refractivity contribution in [3.05, 3.63) is 51.6 Å². The molecule has 1 aliphatic carbocycles. The fourth-order valence-corrected chi connectivity index (χ4v) is 3.11. The predicted molar refractivity (Wildman–Crippen MR) is 77.9 cm³/mol. The van der Waals surface area contributed by atoms with Gasteiger partial charge in [0.2, 0.25) is 5.82 Å². The minimum atomic E-state index is -0.884. The summed E-state index contributed by atoms with van der Waals surface area (Å²) in [5.41, 5.74) is -0.354. The Morgan fingerprint density at radius 2 is 1.91 bits per heavy atom. The lowest BCUT2D eigenvalue weighted by Gasteiger charge is -2.13. The second kappa shape index (κ2) is 5.55. The standard InChI is InChI=1S/C17H16F2O3/c1-9-8-11(18)6-7-12(9)13-15(20)14(19)16(22-17(13)21)10-4-2-3-5-10/h6-8,10,20H,2-5H2,1H3. The van der Waals surface area contributed by atoms with Gasteiger partial charge in [-0.1, -0.05) is 18.9 Å². The van der Waals surface area contributed by atoms with E-state index in [4.69, 9.17) is 4.42 Å². The Morgan fingerprint density at radius 3 is 2.55 bits per heavy atom. The van der Waals surface area contributed by atoms with Gasteiger partial charge in [0.1, 0.15) is 11.4 Å². The Bertz CT molecular complexity index is 774. The number of hydrogen-bond donors (Lipinski definition) is 1. The van der Waals surface area contributed by atoms with Gasteiger partial charge in [0.05, 0.1) is 0 Å². The normalized spacial score (nSPS) is 15.4. The zero-order chi connectivity index (χ0) is 15.9. The summed E-state index contributed by atoms with van der Waals surface area (Å²) < 4.78 is 32.8. The fourth-order valence-electron chi connectivity index (χ4n) is 3.11. The van der Waals surface area contributed by atoms with Crippen LogP contribution in [0.1, 0.15) is 42.9 Å². The molecule has 0 aliphatic heterocycles. The molecule has 1 aromatic heterocycles. The number of rotatable bonds is 2. The van der Waals surface area contributed by atoms with Crippen LogP contribution < -0.4 is 5.63 Å². The summed E-state index contributed by atoms with van der Waals surface area (Å²) in [5, 5.41) is 10.1. The number of halogens is 2. The number of hydrogen-bond acceptors (Lipinski definition) is 3. The Hall–Kier alpha value is -2.17. The molecule has 0 atom stereocenters. The van der Waals surface area contributed by atoms with E-state index in [1.54, 1.807) is 6.92 Å². The van der Waals surface area contributed by atoms with Crippen molar-refractivity contribution in [3.63, 3.8) is 0 Å². The minimum Gasteiger partial charge on any atom is -0.504 e. The van der Waals surface area contributed by atoms with Crippen LogP contribution in [0, 0.1) is 18.6 Å². The monoisotopic (exact) mass is 306 g/mol. The maximum absolute atomic E-state index is 14.4. The van der Waals surface area contributed by atoms with Crippen LogP contribution in [0.4, 0.5) is 8.78 Å². The van der Waals surface area contributed by atoms with Gasteiger partial charge in [-0.2, -0.15) is 4.39 Å². The molecule has 3 rings (SSSR count). The van der Waals surface area contributed by atoms with E-state index in [0.29, 0.717) is 5.56 Å². The summed E-state index contributed by atoms with van der Waals surface area (Å²) in [6.45, 7) is 1.58. The van der Waals surface area contributed by atoms with Gasteiger partial charge in [-0.25, -0.2) is 9.18 Å². The molecule has 3 nitrogen and oxygen atoms in total. The average Bonchev–Trinajstić information content (AvgIpc) is 2.99. The van der Waals surface area contributed by atoms with Crippen LogP contribution in [0.3, 0.4) is 0 Å². The van der Waals surface area contributed by atoms with Crippen molar-refractivity contribution in [1.29, 1.82) is 0 Å². The highest BCUT2D eigenvalue weighted by Crippen LogP contribution is 2.39. The van der Waals surface area contributed by atoms with E-state index in [1.807, 2.05) is 0 Å². The highest BCUT2D eigenvalue weighted by atomic mass is 19.1. The molecule has 0 amide bonds. The van der Waals surface area contributed by atoms with E-state index in [2.05, 4.69) is 0 Å². The van der Waals surface area contributed by atoms with Crippen molar-refractivity contribution in [1.82, 2.24) is 0 Å². The van der Waals surface area contributed by atoms with E-state index >= 15 is 0 Å². The minimum absolute atomic E-state index is 0.0662. The quantitative estimate of drug-likeness (QED) is 0.902. The molecule has 0 unspecified atom stereocenters. The third-order valence-corrected chi connectivity index (χ3v) is 4.25. The molecule has 0 radical (unpaired) electrons. The van der Waals surface area contributed by atoms with Gasteiger partial charge in [-0.05, 0) is 43.0 Å². The number of benzene rings is 1. The second-order valence-electron chi connectivity index (χ2n) is 5.73. The van der Waals surface area contributed by atoms with Crippen molar-refractivity contribution >= 4 is 0 Å². The van der Waals surface area contributed by atoms with Crippen LogP contribution in [0.25, 0.3) is 11.1 Å². The Kier molecular flexibility index (Phi) is 3.72. The van der Waals surface area contributed by atoms with Crippen molar-refractivity contribution in [3.8, 4) is 16.9 Å². The van der Waals surface area contributed by atoms with E-state index in [-0.39, 0.29) is 22.8 Å². The summed E-state index contributed by atoms with van der Waals surface area (Å²) in [4.78, 5) is 12.2. The topological polar surface area (TPSA) is 50.4 Å². The maximum Gasteiger partial charge on any atom is 0.347 e. The molecule has 1 N–H and O–H groups in total. The molecule has 0 saturated heterocycles. The van der Waals surface area contributed by atoms with E-state index in [1.165, 1.54) is 12.1 Å². The highest BCUT2D eigenvalue weighted by Gasteiger charge is 2.28. The maximum atomic E-state index is 14.4. The lowest BCUT2D eigenvalue weighted by molar-refractivity contribution is 0.349. The molecule has 116 valence electrons. The second-order valence-corrected chi connectivity index (χ2v) is 5.73. The lowest BCUT2D eigenvalue weighted by atomic mass is 9.98. The summed E-state index contributed by atoms with van der Waals surface area (Å²) >= 11 is 0. The van der Waals surface area contributed by atoms with E-state index in [0.717, 1.165) is 31.7 Å². The van der Waals surface area contributed by atoms with Gasteiger partial charge in [0.15, 0.2) is 11.5 Å². The van der Waals surface area contributed by atoms with Crippen molar-refractivity contribution in [2.45, 2.75) is 38.5 Å². The predicted octanol–water partition coefficient (Wildman–Crippen LogP) is 4.26. The van der Waals surface area contributed by atoms with E-state index in [9.17, 15) is 18.7 Å². The van der Waals surface area contributed by atoms with Crippen LogP contribution in [0.2, 0.25) is 0 Å². The molecule has 1 saturated carbocycles. The zero-order valence-electron chi connectivity index (χ0n) is 12.2. The summed E-state index contributed by atoms with van der Waals surface area (Å²) in [6.07, 6.45) is 3.39. The summed E-state index contributed by atoms with van der Waals surface area (Å²) in [6, 6.07) is 3.71. The molecule has 0 spiro atoms. The first kappa shape index (κ1) is 14.8. The fraction of sp³-hybridized carbons (Fsp3) is 0.353. The molecular formula is C17H16F2O3. The van der Waals surface area contributed by atoms with Crippen LogP contribution in [0.5, 0.6) is 5.75 Å². The molecule has 1 heterocycles. The third kappa shape index (κ3) is 2.40. The van der Waals surface area contributed by atoms with Crippen LogP contribution in [-0.4, -0.2) is 5.11 Å². The number of aryl methyl sites for hydroxylation is 1. The first-order valence-electron chi connectivity index (χ1n) is 7.31. The van der Waals surface area contributed by atoms with Gasteiger partial charge in [0.25, 0.3) is 0 Å². The lowest BCUT2D eigenvalue weighted by Crippen LogP contribution is -2.11.